The topological polar surface area (TPSA) is 134 Å². The molecule has 0 saturated carbocycles. The zero-order valence-corrected chi connectivity index (χ0v) is 17.7. The Morgan fingerprint density at radius 2 is 2.03 bits per heavy atom. The zero-order chi connectivity index (χ0) is 21.7. The van der Waals surface area contributed by atoms with E-state index in [4.69, 9.17) is 5.73 Å². The molecule has 1 amide bonds. The maximum Gasteiger partial charge on any atom is 0.247 e. The van der Waals surface area contributed by atoms with Crippen LogP contribution in [-0.4, -0.2) is 54.7 Å². The number of rotatable bonds is 7. The van der Waals surface area contributed by atoms with Crippen molar-refractivity contribution in [3.8, 4) is 0 Å². The van der Waals surface area contributed by atoms with Crippen LogP contribution in [0.3, 0.4) is 0 Å². The number of nitrogens with zero attached hydrogens (tertiary/aromatic N) is 3. The van der Waals surface area contributed by atoms with Crippen LogP contribution in [0.1, 0.15) is 30.9 Å². The third-order valence-electron chi connectivity index (χ3n) is 5.05. The van der Waals surface area contributed by atoms with E-state index in [0.29, 0.717) is 42.9 Å². The molecule has 1 aliphatic heterocycles. The van der Waals surface area contributed by atoms with E-state index in [-0.39, 0.29) is 23.4 Å². The van der Waals surface area contributed by atoms with Gasteiger partial charge in [0.1, 0.15) is 0 Å². The molecule has 1 fully saturated rings. The Bertz CT molecular complexity index is 1030. The van der Waals surface area contributed by atoms with Gasteiger partial charge in [0.15, 0.2) is 5.82 Å². The first-order chi connectivity index (χ1) is 14.3. The Morgan fingerprint density at radius 3 is 2.67 bits per heavy atom. The summed E-state index contributed by atoms with van der Waals surface area (Å²) in [5, 5.41) is 9.37. The van der Waals surface area contributed by atoms with Crippen LogP contribution >= 0.6 is 0 Å². The van der Waals surface area contributed by atoms with E-state index in [1.807, 2.05) is 0 Å². The lowest BCUT2D eigenvalue weighted by molar-refractivity contribution is -0.117. The Hall–Kier alpha value is -2.82. The molecule has 0 unspecified atom stereocenters. The van der Waals surface area contributed by atoms with E-state index in [2.05, 4.69) is 27.2 Å². The second-order valence-electron chi connectivity index (χ2n) is 7.23. The van der Waals surface area contributed by atoms with E-state index in [1.54, 1.807) is 43.5 Å². The van der Waals surface area contributed by atoms with Gasteiger partial charge in [0.2, 0.25) is 15.9 Å². The molecule has 9 nitrogen and oxygen atoms in total. The van der Waals surface area contributed by atoms with Crippen LogP contribution in [0.5, 0.6) is 0 Å². The van der Waals surface area contributed by atoms with Crippen LogP contribution in [0.2, 0.25) is 0 Å². The predicted octanol–water partition coefficient (Wildman–Crippen LogP) is 1.57. The largest absolute Gasteiger partial charge is 0.348 e. The van der Waals surface area contributed by atoms with Gasteiger partial charge in [-0.15, -0.1) is 0 Å². The second-order valence-corrected chi connectivity index (χ2v) is 9.17. The summed E-state index contributed by atoms with van der Waals surface area (Å²) in [6, 6.07) is 6.62. The highest BCUT2D eigenvalue weighted by Crippen LogP contribution is 2.21. The van der Waals surface area contributed by atoms with Crippen molar-refractivity contribution >= 4 is 34.5 Å². The number of H-pyrrole nitrogens is 1. The zero-order valence-electron chi connectivity index (χ0n) is 16.8. The molecule has 1 saturated heterocycles. The van der Waals surface area contributed by atoms with Gasteiger partial charge in [0.05, 0.1) is 11.1 Å². The summed E-state index contributed by atoms with van der Waals surface area (Å²) < 4.78 is 27.0. The smallest absolute Gasteiger partial charge is 0.247 e. The van der Waals surface area contributed by atoms with Crippen molar-refractivity contribution in [2.75, 3.05) is 13.1 Å². The summed E-state index contributed by atoms with van der Waals surface area (Å²) in [5.74, 6) is 0.252. The molecule has 1 aromatic heterocycles. The number of amides is 1. The first-order valence-corrected chi connectivity index (χ1v) is 11.1. The highest BCUT2D eigenvalue weighted by Gasteiger charge is 2.28. The van der Waals surface area contributed by atoms with Gasteiger partial charge in [-0.05, 0) is 50.3 Å². The highest BCUT2D eigenvalue weighted by atomic mass is 32.2. The number of carbonyl (C=O) groups is 1. The van der Waals surface area contributed by atoms with Crippen LogP contribution in [0.15, 0.2) is 45.9 Å². The van der Waals surface area contributed by atoms with Crippen molar-refractivity contribution in [2.24, 2.45) is 10.7 Å². The van der Waals surface area contributed by atoms with Crippen LogP contribution in [-0.2, 0) is 21.4 Å². The molecule has 2 aromatic rings. The first kappa shape index (κ1) is 21.9. The van der Waals surface area contributed by atoms with E-state index >= 15 is 0 Å². The lowest BCUT2D eigenvalue weighted by Gasteiger charge is -2.29. The van der Waals surface area contributed by atoms with Crippen LogP contribution < -0.4 is 11.1 Å². The number of sulfonamides is 1. The molecule has 0 aliphatic carbocycles. The minimum atomic E-state index is -3.52. The van der Waals surface area contributed by atoms with E-state index in [0.717, 1.165) is 5.56 Å². The molecule has 1 aromatic carbocycles. The lowest BCUT2D eigenvalue weighted by atomic mass is 10.1. The number of aromatic nitrogens is 2. The van der Waals surface area contributed by atoms with Gasteiger partial charge in [0.25, 0.3) is 0 Å². The molecule has 10 heteroatoms. The summed E-state index contributed by atoms with van der Waals surface area (Å²) in [7, 11) is -3.52. The minimum absolute atomic E-state index is 0.0630. The summed E-state index contributed by atoms with van der Waals surface area (Å²) in [5.41, 5.74) is 7.82. The molecule has 30 heavy (non-hydrogen) atoms. The SMILES string of the molecule is C=Nc1[nH]ncc1/C=C(\C)C(=O)NCc1ccc(S(=O)(=O)N2CCC(N)CC2)cc1. The molecule has 2 heterocycles. The van der Waals surface area contributed by atoms with Crippen LogP contribution in [0.25, 0.3) is 6.08 Å². The third kappa shape index (κ3) is 5.02. The minimum Gasteiger partial charge on any atom is -0.348 e. The first-order valence-electron chi connectivity index (χ1n) is 9.62. The van der Waals surface area contributed by atoms with Gasteiger partial charge in [-0.25, -0.2) is 13.4 Å². The fourth-order valence-electron chi connectivity index (χ4n) is 3.19. The number of nitrogens with one attached hydrogen (secondary N) is 2. The number of aromatic amines is 1. The highest BCUT2D eigenvalue weighted by molar-refractivity contribution is 7.89. The summed E-state index contributed by atoms with van der Waals surface area (Å²) >= 11 is 0. The molecule has 4 N–H and O–H groups in total. The quantitative estimate of drug-likeness (QED) is 0.453. The fraction of sp³-hybridized carbons (Fsp3) is 0.350. The van der Waals surface area contributed by atoms with Crippen molar-refractivity contribution in [1.29, 1.82) is 0 Å². The number of hydrogen-bond donors (Lipinski definition) is 3. The molecule has 0 spiro atoms. The average molecular weight is 431 g/mol. The molecule has 3 rings (SSSR count). The molecule has 1 aliphatic rings. The summed E-state index contributed by atoms with van der Waals surface area (Å²) in [6.45, 7) is 6.29. The van der Waals surface area contributed by atoms with Gasteiger partial charge in [-0.2, -0.15) is 9.40 Å². The summed E-state index contributed by atoms with van der Waals surface area (Å²) in [4.78, 5) is 16.4. The van der Waals surface area contributed by atoms with E-state index < -0.39 is 10.0 Å². The average Bonchev–Trinajstić information content (AvgIpc) is 3.19. The number of nitrogens with two attached hydrogens (primary N) is 1. The standard InChI is InChI=1S/C20H26N6O3S/c1-14(11-16-13-24-25-19(16)22-2)20(27)23-12-15-3-5-18(6-4-15)30(28,29)26-9-7-17(21)8-10-26/h3-6,11,13,17H,2,7-10,12,21H2,1H3,(H,23,27)(H,24,25)/b14-11+. The Labute approximate surface area is 176 Å². The van der Waals surface area contributed by atoms with Crippen molar-refractivity contribution in [1.82, 2.24) is 19.8 Å². The van der Waals surface area contributed by atoms with Gasteiger partial charge in [-0.1, -0.05) is 12.1 Å². The molecular weight excluding hydrogens is 404 g/mol. The van der Waals surface area contributed by atoms with E-state index in [1.165, 1.54) is 4.31 Å². The molecule has 160 valence electrons. The number of benzene rings is 1. The van der Waals surface area contributed by atoms with Crippen LogP contribution in [0.4, 0.5) is 5.82 Å². The Kier molecular flexibility index (Phi) is 6.80. The van der Waals surface area contributed by atoms with Crippen molar-refractivity contribution in [3.63, 3.8) is 0 Å². The summed E-state index contributed by atoms with van der Waals surface area (Å²) in [6.07, 6.45) is 4.57. The second kappa shape index (κ2) is 9.33. The van der Waals surface area contributed by atoms with Gasteiger partial charge in [-0.3, -0.25) is 9.89 Å². The maximum atomic E-state index is 12.8. The lowest BCUT2D eigenvalue weighted by Crippen LogP contribution is -2.42. The van der Waals surface area contributed by atoms with Gasteiger partial charge >= 0.3 is 0 Å². The molecular formula is C20H26N6O3S. The molecule has 0 atom stereocenters. The number of piperidine rings is 1. The number of hydrogen-bond acceptors (Lipinski definition) is 6. The van der Waals surface area contributed by atoms with Crippen molar-refractivity contribution in [2.45, 2.75) is 37.2 Å². The van der Waals surface area contributed by atoms with E-state index in [9.17, 15) is 13.2 Å². The van der Waals surface area contributed by atoms with Crippen LogP contribution in [0, 0.1) is 0 Å². The van der Waals surface area contributed by atoms with Crippen molar-refractivity contribution in [3.05, 3.63) is 47.2 Å². The number of aliphatic imine (C=N–C) groups is 1. The van der Waals surface area contributed by atoms with Crippen molar-refractivity contribution < 1.29 is 13.2 Å². The van der Waals surface area contributed by atoms with Gasteiger partial charge < -0.3 is 11.1 Å². The number of carbonyl (C=O) groups excluding carboxylic acids is 1. The molecule has 0 radical (unpaired) electrons. The fourth-order valence-corrected chi connectivity index (χ4v) is 4.66. The van der Waals surface area contributed by atoms with Gasteiger partial charge in [0, 0.05) is 36.8 Å². The monoisotopic (exact) mass is 430 g/mol. The Morgan fingerprint density at radius 1 is 1.37 bits per heavy atom. The maximum absolute atomic E-state index is 12.8. The third-order valence-corrected chi connectivity index (χ3v) is 6.96. The Balaban J connectivity index is 1.60. The normalized spacial score (nSPS) is 16.4. The predicted molar refractivity (Wildman–Crippen MR) is 116 cm³/mol. The molecule has 0 bridgehead atoms.